The Labute approximate surface area is 98.4 Å². The molecule has 0 saturated carbocycles. The van der Waals surface area contributed by atoms with Gasteiger partial charge in [-0.05, 0) is 12.1 Å². The molecule has 1 aromatic heterocycles. The van der Waals surface area contributed by atoms with E-state index in [0.29, 0.717) is 5.02 Å². The van der Waals surface area contributed by atoms with Crippen LogP contribution in [0.25, 0.3) is 0 Å². The molecule has 0 aromatic carbocycles. The van der Waals surface area contributed by atoms with Crippen molar-refractivity contribution in [3.63, 3.8) is 0 Å². The number of ether oxygens (including phenoxy) is 1. The van der Waals surface area contributed by atoms with Crippen molar-refractivity contribution in [2.45, 2.75) is 6.04 Å². The van der Waals surface area contributed by atoms with Gasteiger partial charge in [-0.25, -0.2) is 0 Å². The van der Waals surface area contributed by atoms with Gasteiger partial charge in [-0.15, -0.1) is 0 Å². The van der Waals surface area contributed by atoms with Gasteiger partial charge in [-0.1, -0.05) is 11.6 Å². The molecule has 88 valence electrons. The van der Waals surface area contributed by atoms with Gasteiger partial charge in [0.25, 0.3) is 5.91 Å². The number of carbonyl (C=O) groups is 1. The summed E-state index contributed by atoms with van der Waals surface area (Å²) in [5.74, 6) is -0.390. The van der Waals surface area contributed by atoms with Crippen molar-refractivity contribution in [1.82, 2.24) is 10.3 Å². The summed E-state index contributed by atoms with van der Waals surface area (Å²) >= 11 is 5.73. The SMILES string of the molecule is COCC(CO)NC(=O)c1cc(Cl)ccn1. The Kier molecular flexibility index (Phi) is 5.18. The normalized spacial score (nSPS) is 12.2. The molecular formula is C10H13ClN2O3. The van der Waals surface area contributed by atoms with E-state index in [9.17, 15) is 4.79 Å². The Morgan fingerprint density at radius 1 is 1.75 bits per heavy atom. The lowest BCUT2D eigenvalue weighted by molar-refractivity contribution is 0.0835. The lowest BCUT2D eigenvalue weighted by Gasteiger charge is -2.14. The van der Waals surface area contributed by atoms with E-state index in [1.165, 1.54) is 19.4 Å². The predicted molar refractivity (Wildman–Crippen MR) is 59.5 cm³/mol. The summed E-state index contributed by atoms with van der Waals surface area (Å²) in [5.41, 5.74) is 0.210. The second-order valence-electron chi connectivity index (χ2n) is 3.17. The maximum absolute atomic E-state index is 11.6. The summed E-state index contributed by atoms with van der Waals surface area (Å²) in [5, 5.41) is 12.0. The number of halogens is 1. The minimum Gasteiger partial charge on any atom is -0.394 e. The fourth-order valence-corrected chi connectivity index (χ4v) is 1.29. The van der Waals surface area contributed by atoms with Crippen LogP contribution in [0, 0.1) is 0 Å². The number of hydrogen-bond donors (Lipinski definition) is 2. The fraction of sp³-hybridized carbons (Fsp3) is 0.400. The van der Waals surface area contributed by atoms with Crippen molar-refractivity contribution in [2.75, 3.05) is 20.3 Å². The molecular weight excluding hydrogens is 232 g/mol. The van der Waals surface area contributed by atoms with Crippen LogP contribution in [0.1, 0.15) is 10.5 Å². The molecule has 0 saturated heterocycles. The number of aliphatic hydroxyl groups is 1. The molecule has 5 nitrogen and oxygen atoms in total. The molecule has 1 heterocycles. The van der Waals surface area contributed by atoms with E-state index < -0.39 is 11.9 Å². The van der Waals surface area contributed by atoms with Crippen LogP contribution in [-0.2, 0) is 4.74 Å². The number of hydrogen-bond acceptors (Lipinski definition) is 4. The van der Waals surface area contributed by atoms with Crippen molar-refractivity contribution in [3.8, 4) is 0 Å². The summed E-state index contributed by atoms with van der Waals surface area (Å²) < 4.78 is 4.83. The number of methoxy groups -OCH3 is 1. The number of nitrogens with one attached hydrogen (secondary N) is 1. The largest absolute Gasteiger partial charge is 0.394 e. The highest BCUT2D eigenvalue weighted by Crippen LogP contribution is 2.07. The molecule has 16 heavy (non-hydrogen) atoms. The number of rotatable bonds is 5. The molecule has 1 unspecified atom stereocenters. The van der Waals surface area contributed by atoms with E-state index in [0.717, 1.165) is 0 Å². The molecule has 0 spiro atoms. The van der Waals surface area contributed by atoms with E-state index in [-0.39, 0.29) is 18.9 Å². The van der Waals surface area contributed by atoms with Crippen LogP contribution in [0.2, 0.25) is 5.02 Å². The molecule has 1 rings (SSSR count). The Hall–Kier alpha value is -1.17. The van der Waals surface area contributed by atoms with Gasteiger partial charge in [0, 0.05) is 18.3 Å². The van der Waals surface area contributed by atoms with Gasteiger partial charge >= 0.3 is 0 Å². The van der Waals surface area contributed by atoms with Crippen molar-refractivity contribution in [1.29, 1.82) is 0 Å². The third kappa shape index (κ3) is 3.77. The smallest absolute Gasteiger partial charge is 0.270 e. The molecule has 0 aliphatic rings. The van der Waals surface area contributed by atoms with Crippen LogP contribution in [0.4, 0.5) is 0 Å². The Morgan fingerprint density at radius 2 is 2.50 bits per heavy atom. The second kappa shape index (κ2) is 6.42. The second-order valence-corrected chi connectivity index (χ2v) is 3.60. The minimum absolute atomic E-state index is 0.194. The number of pyridine rings is 1. The molecule has 0 fully saturated rings. The Bertz CT molecular complexity index is 360. The van der Waals surface area contributed by atoms with Crippen molar-refractivity contribution < 1.29 is 14.6 Å². The predicted octanol–water partition coefficient (Wildman–Crippen LogP) is 0.472. The maximum Gasteiger partial charge on any atom is 0.270 e. The monoisotopic (exact) mass is 244 g/mol. The maximum atomic E-state index is 11.6. The molecule has 1 aromatic rings. The van der Waals surface area contributed by atoms with Gasteiger partial charge in [-0.3, -0.25) is 9.78 Å². The van der Waals surface area contributed by atoms with Gasteiger partial charge in [0.15, 0.2) is 0 Å². The Morgan fingerprint density at radius 3 is 3.06 bits per heavy atom. The van der Waals surface area contributed by atoms with Gasteiger partial charge in [-0.2, -0.15) is 0 Å². The van der Waals surface area contributed by atoms with Crippen LogP contribution in [-0.4, -0.2) is 42.4 Å². The van der Waals surface area contributed by atoms with Crippen LogP contribution in [0.3, 0.4) is 0 Å². The first-order valence-electron chi connectivity index (χ1n) is 4.69. The van der Waals surface area contributed by atoms with E-state index in [1.807, 2.05) is 0 Å². The summed E-state index contributed by atoms with van der Waals surface area (Å²) in [6, 6.07) is 2.59. The standard InChI is InChI=1S/C10H13ClN2O3/c1-16-6-8(5-14)13-10(15)9-4-7(11)2-3-12-9/h2-4,8,14H,5-6H2,1H3,(H,13,15). The highest BCUT2D eigenvalue weighted by atomic mass is 35.5. The molecule has 6 heteroatoms. The summed E-state index contributed by atoms with van der Waals surface area (Å²) in [7, 11) is 1.49. The van der Waals surface area contributed by atoms with Gasteiger partial charge in [0.05, 0.1) is 19.3 Å². The van der Waals surface area contributed by atoms with Crippen LogP contribution in [0.5, 0.6) is 0 Å². The van der Waals surface area contributed by atoms with Crippen LogP contribution < -0.4 is 5.32 Å². The molecule has 0 aliphatic heterocycles. The van der Waals surface area contributed by atoms with Gasteiger partial charge in [0.1, 0.15) is 5.69 Å². The van der Waals surface area contributed by atoms with Crippen LogP contribution in [0.15, 0.2) is 18.3 Å². The average molecular weight is 245 g/mol. The minimum atomic E-state index is -0.446. The zero-order valence-corrected chi connectivity index (χ0v) is 9.57. The molecule has 0 bridgehead atoms. The zero-order valence-electron chi connectivity index (χ0n) is 8.81. The summed E-state index contributed by atoms with van der Waals surface area (Å²) in [6.07, 6.45) is 1.45. The molecule has 1 atom stereocenters. The number of aromatic nitrogens is 1. The quantitative estimate of drug-likeness (QED) is 0.790. The van der Waals surface area contributed by atoms with Crippen molar-refractivity contribution >= 4 is 17.5 Å². The molecule has 1 amide bonds. The fourth-order valence-electron chi connectivity index (χ4n) is 1.13. The van der Waals surface area contributed by atoms with Crippen molar-refractivity contribution in [3.05, 3.63) is 29.0 Å². The van der Waals surface area contributed by atoms with Gasteiger partial charge in [0.2, 0.25) is 0 Å². The zero-order chi connectivity index (χ0) is 12.0. The highest BCUT2D eigenvalue weighted by molar-refractivity contribution is 6.30. The lowest BCUT2D eigenvalue weighted by atomic mass is 10.3. The third-order valence-corrected chi connectivity index (χ3v) is 2.11. The van der Waals surface area contributed by atoms with Gasteiger partial charge < -0.3 is 15.2 Å². The summed E-state index contributed by atoms with van der Waals surface area (Å²) in [4.78, 5) is 15.5. The number of nitrogens with zero attached hydrogens (tertiary/aromatic N) is 1. The first kappa shape index (κ1) is 12.9. The number of carbonyl (C=O) groups excluding carboxylic acids is 1. The number of amides is 1. The van der Waals surface area contributed by atoms with E-state index in [4.69, 9.17) is 21.4 Å². The topological polar surface area (TPSA) is 71.5 Å². The molecule has 2 N–H and O–H groups in total. The number of aliphatic hydroxyl groups excluding tert-OH is 1. The first-order valence-corrected chi connectivity index (χ1v) is 5.07. The lowest BCUT2D eigenvalue weighted by Crippen LogP contribution is -2.40. The molecule has 0 radical (unpaired) electrons. The van der Waals surface area contributed by atoms with E-state index in [2.05, 4.69) is 10.3 Å². The molecule has 0 aliphatic carbocycles. The highest BCUT2D eigenvalue weighted by Gasteiger charge is 2.13. The van der Waals surface area contributed by atoms with E-state index in [1.54, 1.807) is 6.07 Å². The first-order chi connectivity index (χ1) is 7.67. The average Bonchev–Trinajstić information content (AvgIpc) is 2.28. The van der Waals surface area contributed by atoms with Crippen molar-refractivity contribution in [2.24, 2.45) is 0 Å². The summed E-state index contributed by atoms with van der Waals surface area (Å²) in [6.45, 7) is 0.0446. The van der Waals surface area contributed by atoms with E-state index >= 15 is 0 Å². The van der Waals surface area contributed by atoms with Crippen LogP contribution >= 0.6 is 11.6 Å². The Balaban J connectivity index is 2.64. The third-order valence-electron chi connectivity index (χ3n) is 1.88.